The molecule has 0 aromatic carbocycles. The Morgan fingerprint density at radius 1 is 0.600 bits per heavy atom. The molecule has 2 aliphatic carbocycles. The highest BCUT2D eigenvalue weighted by atomic mass is 79.9. The first-order valence-electron chi connectivity index (χ1n) is 30.1. The molecule has 2 rings (SSSR count). The second-order valence-electron chi connectivity index (χ2n) is 24.0. The maximum Gasteiger partial charge on any atom is 0.407 e. The van der Waals surface area contributed by atoms with Gasteiger partial charge in [0.15, 0.2) is 0 Å². The van der Waals surface area contributed by atoms with Crippen LogP contribution < -0.4 is 27.6 Å². The molecule has 452 valence electrons. The van der Waals surface area contributed by atoms with E-state index in [0.717, 1.165) is 74.9 Å². The summed E-state index contributed by atoms with van der Waals surface area (Å²) in [7, 11) is 9.72. The summed E-state index contributed by atoms with van der Waals surface area (Å²) >= 11 is 0. The van der Waals surface area contributed by atoms with E-state index >= 15 is 0 Å². The van der Waals surface area contributed by atoms with E-state index < -0.39 is 6.43 Å². The fourth-order valence-corrected chi connectivity index (χ4v) is 9.52. The average molecular weight is 1150 g/mol. The quantitative estimate of drug-likeness (QED) is 0.0464. The number of hydrogen-bond donors (Lipinski definition) is 2. The third-order valence-corrected chi connectivity index (χ3v) is 15.5. The molecule has 2 unspecified atom stereocenters. The summed E-state index contributed by atoms with van der Waals surface area (Å²) in [5.41, 5.74) is 0.106. The zero-order valence-corrected chi connectivity index (χ0v) is 53.2. The topological polar surface area (TPSA) is 114 Å². The van der Waals surface area contributed by atoms with E-state index in [2.05, 4.69) is 77.9 Å². The molecule has 14 heteroatoms. The van der Waals surface area contributed by atoms with Gasteiger partial charge in [-0.25, -0.2) is 13.6 Å². The number of nitrogens with zero attached hydrogens (tertiary/aromatic N) is 1. The smallest absolute Gasteiger partial charge is 0.407 e. The number of quaternary nitrogens is 1. The van der Waals surface area contributed by atoms with Gasteiger partial charge in [-0.1, -0.05) is 106 Å². The number of carbonyl (C=O) groups is 2. The lowest BCUT2D eigenvalue weighted by Gasteiger charge is -2.34. The van der Waals surface area contributed by atoms with Crippen LogP contribution in [0.1, 0.15) is 236 Å². The maximum atomic E-state index is 11.9. The highest BCUT2D eigenvalue weighted by Gasteiger charge is 2.30. The number of hydrogen-bond acceptors (Lipinski definition) is 8. The lowest BCUT2D eigenvalue weighted by atomic mass is 9.75. The van der Waals surface area contributed by atoms with Crippen molar-refractivity contribution in [3.63, 3.8) is 0 Å². The Kier molecular flexibility index (Phi) is 51.9. The van der Waals surface area contributed by atoms with Gasteiger partial charge in [0, 0.05) is 70.3 Å². The van der Waals surface area contributed by atoms with Gasteiger partial charge < -0.3 is 60.5 Å². The Balaban J connectivity index is -0.00000100. The Bertz CT molecular complexity index is 1270. The van der Waals surface area contributed by atoms with Crippen molar-refractivity contribution in [2.45, 2.75) is 261 Å². The molecule has 0 aromatic heterocycles. The summed E-state index contributed by atoms with van der Waals surface area (Å²) in [6, 6.07) is 0.688. The summed E-state index contributed by atoms with van der Waals surface area (Å²) in [6.45, 7) is 28.6. The number of unbranched alkanes of at least 4 members (excludes halogenated alkanes) is 11. The highest BCUT2D eigenvalue weighted by Crippen LogP contribution is 2.35. The van der Waals surface area contributed by atoms with E-state index in [-0.39, 0.29) is 52.3 Å². The highest BCUT2D eigenvalue weighted by molar-refractivity contribution is 5.73. The molecule has 0 heterocycles. The van der Waals surface area contributed by atoms with Gasteiger partial charge in [0.25, 0.3) is 0 Å². The summed E-state index contributed by atoms with van der Waals surface area (Å²) in [5, 5.41) is 5.96. The predicted molar refractivity (Wildman–Crippen MR) is 306 cm³/mol. The minimum Gasteiger partial charge on any atom is -1.00 e. The molecule has 2 saturated carbocycles. The van der Waals surface area contributed by atoms with Crippen LogP contribution in [-0.2, 0) is 33.2 Å². The number of methoxy groups -OCH3 is 3. The largest absolute Gasteiger partial charge is 1.00 e. The minimum atomic E-state index is -2.22. The summed E-state index contributed by atoms with van der Waals surface area (Å²) in [4.78, 5) is 22.3. The second-order valence-corrected chi connectivity index (χ2v) is 24.0. The second kappa shape index (κ2) is 49.8. The Labute approximate surface area is 473 Å². The molecule has 75 heavy (non-hydrogen) atoms. The van der Waals surface area contributed by atoms with Gasteiger partial charge in [0.05, 0.1) is 66.8 Å². The van der Waals surface area contributed by atoms with E-state index in [9.17, 15) is 18.4 Å². The van der Waals surface area contributed by atoms with Gasteiger partial charge in [0.2, 0.25) is 12.3 Å². The van der Waals surface area contributed by atoms with Gasteiger partial charge >= 0.3 is 6.09 Å². The molecule has 0 radical (unpaired) electrons. The van der Waals surface area contributed by atoms with E-state index in [4.69, 9.17) is 23.7 Å². The molecule has 2 amide bonds. The van der Waals surface area contributed by atoms with Crippen LogP contribution >= 0.6 is 0 Å². The SMILES string of the molecule is CCC(C)(COCCCC(F)F)COC(C)C.CCCCCCCCCCCC[N+](C)(C)CCCCOCC(C)(COC)C(C)C.CCCCOC.COC(=O)NC1CCC(CC2CCC(NC(C)=O)CC2)CC1.[Br-]. The van der Waals surface area contributed by atoms with Gasteiger partial charge in [-0.3, -0.25) is 4.79 Å². The van der Waals surface area contributed by atoms with Crippen molar-refractivity contribution < 1.29 is 68.3 Å². The predicted octanol–water partition coefficient (Wildman–Crippen LogP) is 12.4. The molecule has 2 atom stereocenters. The van der Waals surface area contributed by atoms with Crippen LogP contribution in [0.2, 0.25) is 0 Å². The van der Waals surface area contributed by atoms with Gasteiger partial charge in [-0.2, -0.15) is 0 Å². The number of nitrogens with one attached hydrogen (secondary N) is 2. The van der Waals surface area contributed by atoms with Crippen molar-refractivity contribution in [1.82, 2.24) is 10.6 Å². The average Bonchev–Trinajstić information content (AvgIpc) is 3.35. The monoisotopic (exact) mass is 1140 g/mol. The van der Waals surface area contributed by atoms with E-state index in [1.165, 1.54) is 142 Å². The lowest BCUT2D eigenvalue weighted by molar-refractivity contribution is -0.890. The van der Waals surface area contributed by atoms with Gasteiger partial charge in [-0.05, 0) is 134 Å². The third kappa shape index (κ3) is 47.4. The number of ether oxygens (including phenoxy) is 6. The zero-order chi connectivity index (χ0) is 56.1. The number of rotatable bonds is 38. The number of amides is 2. The van der Waals surface area contributed by atoms with Crippen molar-refractivity contribution in [1.29, 1.82) is 0 Å². The molecular formula is C61H124BrF2N3O8. The molecule has 2 fully saturated rings. The van der Waals surface area contributed by atoms with Crippen LogP contribution in [0.25, 0.3) is 0 Å². The molecule has 2 aliphatic rings. The van der Waals surface area contributed by atoms with Crippen LogP contribution in [0.5, 0.6) is 0 Å². The van der Waals surface area contributed by atoms with E-state index in [1.807, 2.05) is 13.8 Å². The summed E-state index contributed by atoms with van der Waals surface area (Å²) in [6.07, 6.45) is 28.7. The minimum absolute atomic E-state index is 0. The Hall–Kier alpha value is -1.16. The molecular weight excluding hydrogens is 1020 g/mol. The third-order valence-electron chi connectivity index (χ3n) is 15.5. The molecule has 2 N–H and O–H groups in total. The normalized spacial score (nSPS) is 19.3. The molecule has 0 spiro atoms. The molecule has 0 saturated heterocycles. The fraction of sp³-hybridized carbons (Fsp3) is 0.967. The zero-order valence-electron chi connectivity index (χ0n) is 51.6. The van der Waals surface area contributed by atoms with E-state index in [0.29, 0.717) is 44.2 Å². The summed E-state index contributed by atoms with van der Waals surface area (Å²) < 4.78 is 56.8. The molecule has 0 bridgehead atoms. The van der Waals surface area contributed by atoms with Crippen LogP contribution in [0, 0.1) is 28.6 Å². The van der Waals surface area contributed by atoms with Crippen molar-refractivity contribution >= 4 is 12.0 Å². The van der Waals surface area contributed by atoms with Crippen molar-refractivity contribution in [3.8, 4) is 0 Å². The molecule has 11 nitrogen and oxygen atoms in total. The van der Waals surface area contributed by atoms with Gasteiger partial charge in [-0.15, -0.1) is 0 Å². The standard InChI is InChI=1S/C26H56NO2.C17H30N2O3.C13H26F2O2.C5H12O.BrH/c1-8-9-10-11-12-13-14-15-16-17-20-27(5,6)21-18-19-22-29-24-26(4,23-28-7)25(2)3;1-12(20)18-15-7-3-13(4-8-15)11-14-5-9-16(10-6-14)19-17(21)22-2;1-5-13(4,10-17-11(2)3)9-16-8-6-7-12(14)15;1-3-4-5-6-2;/h25H,8-24H2,1-7H3;13-16H,3-11H2,1-2H3,(H,18,20)(H,19,21);11-12H,5-10H2,1-4H3;3-5H2,1-2H3;1H/q+1;;;;/p-1. The number of carbonyl (C=O) groups excluding carboxylic acids is 2. The molecule has 0 aromatic rings. The number of alkyl carbamates (subject to hydrolysis) is 1. The van der Waals surface area contributed by atoms with Crippen molar-refractivity contribution in [3.05, 3.63) is 0 Å². The summed E-state index contributed by atoms with van der Waals surface area (Å²) in [5.74, 6) is 2.29. The van der Waals surface area contributed by atoms with Crippen molar-refractivity contribution in [2.24, 2.45) is 28.6 Å². The number of halogens is 3. The lowest BCUT2D eigenvalue weighted by Crippen LogP contribution is -3.00. The Morgan fingerprint density at radius 2 is 1.08 bits per heavy atom. The maximum absolute atomic E-state index is 11.9. The first-order chi connectivity index (χ1) is 35.1. The first-order valence-corrected chi connectivity index (χ1v) is 30.1. The van der Waals surface area contributed by atoms with Crippen LogP contribution in [0.4, 0.5) is 13.6 Å². The van der Waals surface area contributed by atoms with E-state index in [1.54, 1.807) is 21.1 Å². The first kappa shape index (κ1) is 78.1. The Morgan fingerprint density at radius 3 is 1.51 bits per heavy atom. The fourth-order valence-electron chi connectivity index (χ4n) is 9.52. The number of alkyl halides is 2. The van der Waals surface area contributed by atoms with Crippen molar-refractivity contribution in [2.75, 3.05) is 94.8 Å². The molecule has 0 aliphatic heterocycles. The van der Waals surface area contributed by atoms with Crippen LogP contribution in [0.3, 0.4) is 0 Å². The van der Waals surface area contributed by atoms with Crippen LogP contribution in [-0.4, -0.2) is 136 Å². The van der Waals surface area contributed by atoms with Crippen LogP contribution in [0.15, 0.2) is 0 Å². The van der Waals surface area contributed by atoms with Gasteiger partial charge in [0.1, 0.15) is 0 Å².